The summed E-state index contributed by atoms with van der Waals surface area (Å²) in [6.45, 7) is 0.623. The lowest BCUT2D eigenvalue weighted by molar-refractivity contribution is 0.424. The second-order valence-electron chi connectivity index (χ2n) is 6.00. The van der Waals surface area contributed by atoms with Crippen LogP contribution in [0.25, 0.3) is 11.5 Å². The maximum atomic E-state index is 12.7. The molecule has 3 aromatic rings. The number of aryl methyl sites for hydroxylation is 1. The van der Waals surface area contributed by atoms with Crippen LogP contribution >= 0.6 is 0 Å². The average molecular weight is 359 g/mol. The lowest BCUT2D eigenvalue weighted by atomic mass is 10.2. The number of rotatable bonds is 4. The summed E-state index contributed by atoms with van der Waals surface area (Å²) in [4.78, 5) is 4.19. The second-order valence-corrected chi connectivity index (χ2v) is 7.89. The number of hydrogen-bond donors (Lipinski definition) is 0. The Labute approximate surface area is 144 Å². The maximum absolute atomic E-state index is 12.7. The van der Waals surface area contributed by atoms with Crippen molar-refractivity contribution in [1.29, 1.82) is 0 Å². The molecule has 0 spiro atoms. The molecular weight excluding hydrogens is 342 g/mol. The highest BCUT2D eigenvalue weighted by atomic mass is 32.2. The third-order valence-corrected chi connectivity index (χ3v) is 5.66. The Bertz CT molecular complexity index is 978. The Balaban J connectivity index is 1.60. The predicted molar refractivity (Wildman–Crippen MR) is 88.2 cm³/mol. The van der Waals surface area contributed by atoms with Crippen molar-refractivity contribution in [3.05, 3.63) is 42.0 Å². The Morgan fingerprint density at radius 3 is 2.76 bits per heavy atom. The Hall–Kier alpha value is -2.55. The van der Waals surface area contributed by atoms with Crippen LogP contribution in [0.2, 0.25) is 0 Å². The van der Waals surface area contributed by atoms with Crippen LogP contribution in [-0.2, 0) is 28.6 Å². The predicted octanol–water partition coefficient (Wildman–Crippen LogP) is 2.03. The van der Waals surface area contributed by atoms with E-state index in [2.05, 4.69) is 20.3 Å². The molecule has 25 heavy (non-hydrogen) atoms. The molecule has 130 valence electrons. The highest BCUT2D eigenvalue weighted by Crippen LogP contribution is 2.21. The maximum Gasteiger partial charge on any atom is 0.257 e. The van der Waals surface area contributed by atoms with E-state index in [1.54, 1.807) is 4.57 Å². The molecule has 0 bridgehead atoms. The van der Waals surface area contributed by atoms with Gasteiger partial charge in [0, 0.05) is 18.5 Å². The minimum Gasteiger partial charge on any atom is -0.334 e. The Kier molecular flexibility index (Phi) is 4.08. The van der Waals surface area contributed by atoms with Crippen LogP contribution in [0.3, 0.4) is 0 Å². The van der Waals surface area contributed by atoms with Gasteiger partial charge in [0.25, 0.3) is 5.89 Å². The van der Waals surface area contributed by atoms with E-state index in [1.165, 1.54) is 0 Å². The van der Waals surface area contributed by atoms with Gasteiger partial charge in [-0.15, -0.1) is 10.2 Å². The van der Waals surface area contributed by atoms with Crippen molar-refractivity contribution in [2.75, 3.05) is 0 Å². The van der Waals surface area contributed by atoms with E-state index in [1.807, 2.05) is 30.3 Å². The van der Waals surface area contributed by atoms with Crippen LogP contribution < -0.4 is 0 Å². The number of benzene rings is 1. The highest BCUT2D eigenvalue weighted by Gasteiger charge is 2.28. The smallest absolute Gasteiger partial charge is 0.257 e. The first-order valence-corrected chi connectivity index (χ1v) is 9.81. The molecule has 0 fully saturated rings. The number of hydrogen-bond acceptors (Lipinski definition) is 7. The van der Waals surface area contributed by atoms with Crippen LogP contribution in [-0.4, -0.2) is 33.3 Å². The molecule has 8 nitrogen and oxygen atoms in total. The first kappa shape index (κ1) is 15.9. The van der Waals surface area contributed by atoms with Gasteiger partial charge in [-0.1, -0.05) is 29.8 Å². The Morgan fingerprint density at radius 2 is 1.92 bits per heavy atom. The lowest BCUT2D eigenvalue weighted by Crippen LogP contribution is -2.14. The second kappa shape index (κ2) is 6.40. The van der Waals surface area contributed by atoms with E-state index in [-0.39, 0.29) is 16.7 Å². The third kappa shape index (κ3) is 3.19. The summed E-state index contributed by atoms with van der Waals surface area (Å²) in [5.41, 5.74) is 0.745. The van der Waals surface area contributed by atoms with Gasteiger partial charge in [-0.2, -0.15) is 4.98 Å². The molecule has 2 aromatic heterocycles. The highest BCUT2D eigenvalue weighted by molar-refractivity contribution is 7.90. The summed E-state index contributed by atoms with van der Waals surface area (Å²) in [5, 5.41) is 11.7. The molecule has 1 aliphatic rings. The summed E-state index contributed by atoms with van der Waals surface area (Å²) in [6, 6.07) is 9.22. The lowest BCUT2D eigenvalue weighted by Gasteiger charge is -2.06. The zero-order valence-electron chi connectivity index (χ0n) is 13.5. The molecule has 0 saturated heterocycles. The molecule has 3 heterocycles. The quantitative estimate of drug-likeness (QED) is 0.702. The topological polar surface area (TPSA) is 104 Å². The summed E-state index contributed by atoms with van der Waals surface area (Å²) in [7, 11) is -3.69. The molecule has 0 radical (unpaired) electrons. The fourth-order valence-corrected chi connectivity index (χ4v) is 4.22. The van der Waals surface area contributed by atoms with Gasteiger partial charge in [0.05, 0.1) is 0 Å². The van der Waals surface area contributed by atoms with Gasteiger partial charge >= 0.3 is 0 Å². The van der Waals surface area contributed by atoms with Crippen molar-refractivity contribution in [2.45, 2.75) is 43.1 Å². The largest absolute Gasteiger partial charge is 0.334 e. The summed E-state index contributed by atoms with van der Waals surface area (Å²) >= 11 is 0. The van der Waals surface area contributed by atoms with Gasteiger partial charge in [0.2, 0.25) is 15.0 Å². The normalized spacial score (nSPS) is 14.9. The number of fused-ring (bicyclic) bond motifs is 1. The van der Waals surface area contributed by atoms with Crippen molar-refractivity contribution in [3.8, 4) is 11.5 Å². The summed E-state index contributed by atoms with van der Waals surface area (Å²) in [5.74, 6) is 0.784. The molecular formula is C16H17N5O3S. The molecule has 0 N–H and O–H groups in total. The van der Waals surface area contributed by atoms with E-state index >= 15 is 0 Å². The van der Waals surface area contributed by atoms with Crippen molar-refractivity contribution >= 4 is 9.84 Å². The molecule has 1 aliphatic heterocycles. The van der Waals surface area contributed by atoms with E-state index in [0.717, 1.165) is 37.1 Å². The first-order chi connectivity index (χ1) is 12.1. The summed E-state index contributed by atoms with van der Waals surface area (Å²) in [6.07, 6.45) is 3.74. The monoisotopic (exact) mass is 359 g/mol. The zero-order valence-corrected chi connectivity index (χ0v) is 14.3. The Morgan fingerprint density at radius 1 is 1.08 bits per heavy atom. The minimum atomic E-state index is -3.69. The van der Waals surface area contributed by atoms with Gasteiger partial charge in [-0.05, 0) is 25.0 Å². The van der Waals surface area contributed by atoms with E-state index in [0.29, 0.717) is 12.4 Å². The molecule has 0 saturated carbocycles. The molecule has 0 atom stereocenters. The molecule has 9 heteroatoms. The first-order valence-electron chi connectivity index (χ1n) is 8.16. The third-order valence-electron chi connectivity index (χ3n) is 4.16. The van der Waals surface area contributed by atoms with Crippen molar-refractivity contribution in [3.63, 3.8) is 0 Å². The SMILES string of the molecule is O=S(=O)(Cc1noc(-c2ccccc2)n1)c1nnc2n1CCCCC2. The fourth-order valence-electron chi connectivity index (χ4n) is 2.93. The zero-order chi connectivity index (χ0) is 17.3. The molecule has 0 aliphatic carbocycles. The van der Waals surface area contributed by atoms with Gasteiger partial charge in [-0.25, -0.2) is 8.42 Å². The molecule has 0 unspecified atom stereocenters. The van der Waals surface area contributed by atoms with Crippen LogP contribution in [0.1, 0.15) is 30.9 Å². The van der Waals surface area contributed by atoms with Crippen LogP contribution in [0, 0.1) is 0 Å². The van der Waals surface area contributed by atoms with Gasteiger partial charge < -0.3 is 9.09 Å². The van der Waals surface area contributed by atoms with Crippen molar-refractivity contribution < 1.29 is 12.9 Å². The fraction of sp³-hybridized carbons (Fsp3) is 0.375. The van der Waals surface area contributed by atoms with E-state index < -0.39 is 9.84 Å². The molecule has 1 aromatic carbocycles. The van der Waals surface area contributed by atoms with E-state index in [4.69, 9.17) is 4.52 Å². The number of aromatic nitrogens is 5. The minimum absolute atomic E-state index is 0.00420. The summed E-state index contributed by atoms with van der Waals surface area (Å²) < 4.78 is 32.4. The van der Waals surface area contributed by atoms with Crippen LogP contribution in [0.4, 0.5) is 0 Å². The van der Waals surface area contributed by atoms with Gasteiger partial charge in [0.15, 0.2) is 5.82 Å². The molecule has 0 amide bonds. The van der Waals surface area contributed by atoms with Crippen molar-refractivity contribution in [2.24, 2.45) is 0 Å². The van der Waals surface area contributed by atoms with E-state index in [9.17, 15) is 8.42 Å². The van der Waals surface area contributed by atoms with Crippen molar-refractivity contribution in [1.82, 2.24) is 24.9 Å². The molecule has 4 rings (SSSR count). The van der Waals surface area contributed by atoms with Crippen LogP contribution in [0.5, 0.6) is 0 Å². The average Bonchev–Trinajstić information content (AvgIpc) is 3.17. The number of sulfone groups is 1. The standard InChI is InChI=1S/C16H17N5O3S/c22-25(23,16-19-18-14-9-5-2-6-10-21(14)16)11-13-17-15(24-20-13)12-7-3-1-4-8-12/h1,3-4,7-8H,2,5-6,9-11H2. The van der Waals surface area contributed by atoms with Crippen LogP contribution in [0.15, 0.2) is 40.0 Å². The van der Waals surface area contributed by atoms with Gasteiger partial charge in [0.1, 0.15) is 11.6 Å². The number of nitrogens with zero attached hydrogens (tertiary/aromatic N) is 5. The van der Waals surface area contributed by atoms with Gasteiger partial charge in [-0.3, -0.25) is 0 Å².